The third-order valence-electron chi connectivity index (χ3n) is 3.59. The first kappa shape index (κ1) is 16.5. The van der Waals surface area contributed by atoms with E-state index in [1.54, 1.807) is 0 Å². The molecule has 0 radical (unpaired) electrons. The molecule has 0 spiro atoms. The minimum atomic E-state index is 0.143. The largest absolute Gasteiger partial charge is 0.309 e. The van der Waals surface area contributed by atoms with E-state index in [0.29, 0.717) is 0 Å². The molecule has 1 aromatic heterocycles. The van der Waals surface area contributed by atoms with Crippen LogP contribution in [0.5, 0.6) is 0 Å². The number of halogens is 2. The second-order valence-corrected chi connectivity index (χ2v) is 6.35. The third kappa shape index (κ3) is 4.06. The monoisotopic (exact) mass is 366 g/mol. The predicted molar refractivity (Wildman–Crippen MR) is 92.8 cm³/mol. The summed E-state index contributed by atoms with van der Waals surface area (Å²) in [6.07, 6.45) is 2.92. The van der Waals surface area contributed by atoms with Gasteiger partial charge in [0.25, 0.3) is 0 Å². The fraction of sp³-hybridized carbons (Fsp3) is 0.353. The highest BCUT2D eigenvalue weighted by atomic mass is 79.9. The molecular formula is C17H20BrClN2. The molecule has 0 aliphatic carbocycles. The van der Waals surface area contributed by atoms with Crippen LogP contribution in [0.2, 0.25) is 5.02 Å². The van der Waals surface area contributed by atoms with E-state index in [0.717, 1.165) is 33.7 Å². The van der Waals surface area contributed by atoms with Gasteiger partial charge in [0, 0.05) is 28.3 Å². The van der Waals surface area contributed by atoms with E-state index < -0.39 is 0 Å². The lowest BCUT2D eigenvalue weighted by Gasteiger charge is -2.26. The molecule has 2 unspecified atom stereocenters. The van der Waals surface area contributed by atoms with Crippen LogP contribution in [-0.2, 0) is 0 Å². The van der Waals surface area contributed by atoms with Crippen LogP contribution in [0.3, 0.4) is 0 Å². The van der Waals surface area contributed by atoms with Gasteiger partial charge in [-0.2, -0.15) is 0 Å². The first-order valence-electron chi connectivity index (χ1n) is 7.23. The fourth-order valence-electron chi connectivity index (χ4n) is 2.43. The van der Waals surface area contributed by atoms with Crippen molar-refractivity contribution in [2.75, 3.05) is 6.54 Å². The fourth-order valence-corrected chi connectivity index (χ4v) is 3.06. The normalized spacial score (nSPS) is 13.9. The summed E-state index contributed by atoms with van der Waals surface area (Å²) in [5.41, 5.74) is 2.18. The Labute approximate surface area is 140 Å². The molecule has 0 saturated carbocycles. The first-order chi connectivity index (χ1) is 10.1. The van der Waals surface area contributed by atoms with E-state index in [-0.39, 0.29) is 12.0 Å². The second-order valence-electron chi connectivity index (χ2n) is 5.12. The van der Waals surface area contributed by atoms with Gasteiger partial charge in [0.2, 0.25) is 0 Å². The molecule has 21 heavy (non-hydrogen) atoms. The van der Waals surface area contributed by atoms with Gasteiger partial charge in [0.1, 0.15) is 0 Å². The van der Waals surface area contributed by atoms with Crippen LogP contribution in [-0.4, -0.2) is 11.5 Å². The molecule has 1 N–H and O–H groups in total. The van der Waals surface area contributed by atoms with E-state index in [4.69, 9.17) is 11.6 Å². The topological polar surface area (TPSA) is 24.9 Å². The molecule has 0 fully saturated rings. The van der Waals surface area contributed by atoms with E-state index in [2.05, 4.69) is 52.2 Å². The van der Waals surface area contributed by atoms with Gasteiger partial charge in [0.05, 0.1) is 5.02 Å². The van der Waals surface area contributed by atoms with E-state index in [1.807, 2.05) is 30.5 Å². The summed E-state index contributed by atoms with van der Waals surface area (Å²) in [5.74, 6) is 0.240. The standard InChI is InChI=1S/C17H20BrClN2/c1-3-10-21-17(12(2)15-9-4-5-11-20-15)13-7-6-8-14(18)16(13)19/h4-9,11-12,17,21H,3,10H2,1-2H3. The molecule has 1 heterocycles. The summed E-state index contributed by atoms with van der Waals surface area (Å²) in [7, 11) is 0. The number of nitrogens with zero attached hydrogens (tertiary/aromatic N) is 1. The smallest absolute Gasteiger partial charge is 0.0596 e. The Morgan fingerprint density at radius 2 is 2.05 bits per heavy atom. The Morgan fingerprint density at radius 3 is 2.71 bits per heavy atom. The average molecular weight is 368 g/mol. The Kier molecular flexibility index (Phi) is 6.22. The van der Waals surface area contributed by atoms with Crippen molar-refractivity contribution in [2.45, 2.75) is 32.2 Å². The van der Waals surface area contributed by atoms with E-state index in [9.17, 15) is 0 Å². The van der Waals surface area contributed by atoms with Gasteiger partial charge < -0.3 is 5.32 Å². The van der Waals surface area contributed by atoms with Crippen molar-refractivity contribution in [3.8, 4) is 0 Å². The van der Waals surface area contributed by atoms with Gasteiger partial charge in [-0.3, -0.25) is 4.98 Å². The highest BCUT2D eigenvalue weighted by Gasteiger charge is 2.23. The van der Waals surface area contributed by atoms with E-state index >= 15 is 0 Å². The molecular weight excluding hydrogens is 348 g/mol. The Bertz CT molecular complexity index is 574. The number of nitrogens with one attached hydrogen (secondary N) is 1. The van der Waals surface area contributed by atoms with Crippen LogP contribution in [0, 0.1) is 0 Å². The lowest BCUT2D eigenvalue weighted by molar-refractivity contribution is 0.460. The maximum Gasteiger partial charge on any atom is 0.0596 e. The van der Waals surface area contributed by atoms with Crippen molar-refractivity contribution < 1.29 is 0 Å². The summed E-state index contributed by atoms with van der Waals surface area (Å²) in [4.78, 5) is 4.49. The van der Waals surface area contributed by atoms with Crippen LogP contribution in [0.1, 0.15) is 43.5 Å². The Balaban J connectivity index is 2.36. The molecule has 112 valence electrons. The summed E-state index contributed by atoms with van der Waals surface area (Å²) >= 11 is 10.0. The van der Waals surface area contributed by atoms with Crippen LogP contribution >= 0.6 is 27.5 Å². The van der Waals surface area contributed by atoms with Crippen LogP contribution in [0.15, 0.2) is 47.1 Å². The Morgan fingerprint density at radius 1 is 1.24 bits per heavy atom. The molecule has 0 bridgehead atoms. The molecule has 0 aliphatic heterocycles. The van der Waals surface area contributed by atoms with Gasteiger partial charge >= 0.3 is 0 Å². The number of benzene rings is 1. The van der Waals surface area contributed by atoms with Crippen LogP contribution in [0.4, 0.5) is 0 Å². The lowest BCUT2D eigenvalue weighted by Crippen LogP contribution is -2.27. The molecule has 2 rings (SSSR count). The van der Waals surface area contributed by atoms with Crippen molar-refractivity contribution in [3.63, 3.8) is 0 Å². The summed E-state index contributed by atoms with van der Waals surface area (Å²) in [5, 5.41) is 4.38. The molecule has 0 aliphatic rings. The Hall–Kier alpha value is -0.900. The van der Waals surface area contributed by atoms with Crippen molar-refractivity contribution in [1.29, 1.82) is 0 Å². The van der Waals surface area contributed by atoms with E-state index in [1.165, 1.54) is 0 Å². The number of hydrogen-bond acceptors (Lipinski definition) is 2. The van der Waals surface area contributed by atoms with Gasteiger partial charge in [-0.1, -0.05) is 43.6 Å². The summed E-state index contributed by atoms with van der Waals surface area (Å²) in [6.45, 7) is 5.30. The van der Waals surface area contributed by atoms with Crippen molar-refractivity contribution in [2.24, 2.45) is 0 Å². The van der Waals surface area contributed by atoms with Crippen molar-refractivity contribution >= 4 is 27.5 Å². The molecule has 2 aromatic rings. The lowest BCUT2D eigenvalue weighted by atomic mass is 9.91. The zero-order valence-electron chi connectivity index (χ0n) is 12.3. The molecule has 1 aromatic carbocycles. The number of pyridine rings is 1. The average Bonchev–Trinajstić information content (AvgIpc) is 2.52. The molecule has 0 saturated heterocycles. The molecule has 2 atom stereocenters. The van der Waals surface area contributed by atoms with Crippen LogP contribution < -0.4 is 5.32 Å². The predicted octanol–water partition coefficient (Wildman–Crippen LogP) is 5.34. The quantitative estimate of drug-likeness (QED) is 0.745. The molecule has 4 heteroatoms. The number of aromatic nitrogens is 1. The molecule has 2 nitrogen and oxygen atoms in total. The third-order valence-corrected chi connectivity index (χ3v) is 4.90. The maximum atomic E-state index is 6.49. The minimum absolute atomic E-state index is 0.143. The highest BCUT2D eigenvalue weighted by Crippen LogP contribution is 2.36. The zero-order valence-corrected chi connectivity index (χ0v) is 14.7. The van der Waals surface area contributed by atoms with Crippen molar-refractivity contribution in [1.82, 2.24) is 10.3 Å². The van der Waals surface area contributed by atoms with Crippen LogP contribution in [0.25, 0.3) is 0 Å². The number of hydrogen-bond donors (Lipinski definition) is 1. The summed E-state index contributed by atoms with van der Waals surface area (Å²) < 4.78 is 0.929. The molecule has 0 amide bonds. The van der Waals surface area contributed by atoms with Gasteiger partial charge in [0.15, 0.2) is 0 Å². The number of rotatable bonds is 6. The highest BCUT2D eigenvalue weighted by molar-refractivity contribution is 9.10. The second kappa shape index (κ2) is 7.92. The van der Waals surface area contributed by atoms with Gasteiger partial charge in [-0.25, -0.2) is 0 Å². The summed E-state index contributed by atoms with van der Waals surface area (Å²) in [6, 6.07) is 12.3. The van der Waals surface area contributed by atoms with Gasteiger partial charge in [-0.05, 0) is 52.7 Å². The first-order valence-corrected chi connectivity index (χ1v) is 8.40. The maximum absolute atomic E-state index is 6.49. The van der Waals surface area contributed by atoms with Gasteiger partial charge in [-0.15, -0.1) is 0 Å². The minimum Gasteiger partial charge on any atom is -0.309 e. The van der Waals surface area contributed by atoms with Crippen molar-refractivity contribution in [3.05, 3.63) is 63.3 Å². The zero-order chi connectivity index (χ0) is 15.2. The SMILES string of the molecule is CCCNC(c1cccc(Br)c1Cl)C(C)c1ccccn1.